The third-order valence-electron chi connectivity index (χ3n) is 0.953. The van der Waals surface area contributed by atoms with Gasteiger partial charge in [-0.15, -0.1) is 0 Å². The molecule has 56 valence electrons. The van der Waals surface area contributed by atoms with Crippen molar-refractivity contribution < 1.29 is 4.21 Å². The maximum absolute atomic E-state index is 11.0. The number of rotatable bonds is 3. The van der Waals surface area contributed by atoms with Crippen molar-refractivity contribution >= 4 is 10.8 Å². The zero-order valence-electron chi connectivity index (χ0n) is 6.26. The van der Waals surface area contributed by atoms with Crippen LogP contribution in [0.25, 0.3) is 0 Å². The topological polar surface area (TPSA) is 43.1 Å². The van der Waals surface area contributed by atoms with Gasteiger partial charge < -0.3 is 5.73 Å². The first-order valence-corrected chi connectivity index (χ1v) is 4.55. The molecule has 0 aliphatic heterocycles. The molecule has 2 unspecified atom stereocenters. The molecule has 0 aromatic heterocycles. The van der Waals surface area contributed by atoms with E-state index in [0.29, 0.717) is 5.75 Å². The van der Waals surface area contributed by atoms with Crippen LogP contribution in [0.2, 0.25) is 0 Å². The van der Waals surface area contributed by atoms with Crippen molar-refractivity contribution in [3.05, 3.63) is 0 Å². The Morgan fingerprint density at radius 3 is 2.00 bits per heavy atom. The van der Waals surface area contributed by atoms with Gasteiger partial charge in [0.1, 0.15) is 0 Å². The molecule has 0 amide bonds. The zero-order valence-corrected chi connectivity index (χ0v) is 7.07. The molecule has 0 aromatic carbocycles. The largest absolute Gasteiger partial charge is 0.327 e. The normalized spacial score (nSPS) is 17.9. The highest BCUT2D eigenvalue weighted by molar-refractivity contribution is 7.85. The lowest BCUT2D eigenvalue weighted by atomic mass is 10.4. The van der Waals surface area contributed by atoms with E-state index >= 15 is 0 Å². The minimum atomic E-state index is -0.727. The summed E-state index contributed by atoms with van der Waals surface area (Å²) >= 11 is 0. The standard InChI is InChI=1S/C6H15NOS/c1-5(2)9(8)4-6(3)7/h5-6H,4,7H2,1-3H3. The van der Waals surface area contributed by atoms with E-state index in [1.807, 2.05) is 20.8 Å². The van der Waals surface area contributed by atoms with E-state index in [1.54, 1.807) is 0 Å². The van der Waals surface area contributed by atoms with Gasteiger partial charge in [-0.3, -0.25) is 4.21 Å². The molecule has 9 heavy (non-hydrogen) atoms. The lowest BCUT2D eigenvalue weighted by molar-refractivity contribution is 0.670. The van der Waals surface area contributed by atoms with E-state index in [0.717, 1.165) is 0 Å². The molecule has 2 atom stereocenters. The van der Waals surface area contributed by atoms with E-state index in [4.69, 9.17) is 5.73 Å². The van der Waals surface area contributed by atoms with Gasteiger partial charge in [-0.25, -0.2) is 0 Å². The van der Waals surface area contributed by atoms with Gasteiger partial charge in [0.2, 0.25) is 0 Å². The van der Waals surface area contributed by atoms with Crippen molar-refractivity contribution in [3.63, 3.8) is 0 Å². The van der Waals surface area contributed by atoms with E-state index < -0.39 is 10.8 Å². The minimum absolute atomic E-state index is 0.0632. The Bertz CT molecular complexity index is 101. The van der Waals surface area contributed by atoms with Gasteiger partial charge in [-0.2, -0.15) is 0 Å². The van der Waals surface area contributed by atoms with E-state index in [1.165, 1.54) is 0 Å². The molecule has 2 N–H and O–H groups in total. The Hall–Kier alpha value is 0.110. The molecular formula is C6H15NOS. The molecular weight excluding hydrogens is 134 g/mol. The summed E-state index contributed by atoms with van der Waals surface area (Å²) in [6, 6.07) is 0.0632. The number of hydrogen-bond donors (Lipinski definition) is 1. The zero-order chi connectivity index (χ0) is 7.44. The summed E-state index contributed by atoms with van der Waals surface area (Å²) in [7, 11) is -0.727. The molecule has 0 heterocycles. The molecule has 0 fully saturated rings. The Labute approximate surface area is 59.3 Å². The van der Waals surface area contributed by atoms with Crippen LogP contribution in [0, 0.1) is 0 Å². The average Bonchev–Trinajstić information content (AvgIpc) is 1.63. The lowest BCUT2D eigenvalue weighted by Crippen LogP contribution is -2.26. The van der Waals surface area contributed by atoms with E-state index in [2.05, 4.69) is 0 Å². The molecule has 0 aliphatic rings. The van der Waals surface area contributed by atoms with Gasteiger partial charge in [0.15, 0.2) is 0 Å². The van der Waals surface area contributed by atoms with Gasteiger partial charge in [0.25, 0.3) is 0 Å². The predicted molar refractivity (Wildman–Crippen MR) is 41.8 cm³/mol. The second-order valence-corrected chi connectivity index (χ2v) is 4.61. The molecule has 0 rings (SSSR count). The predicted octanol–water partition coefficient (Wildman–Crippen LogP) is 0.491. The van der Waals surface area contributed by atoms with Crippen LogP contribution in [0.1, 0.15) is 20.8 Å². The second-order valence-electron chi connectivity index (χ2n) is 2.57. The summed E-state index contributed by atoms with van der Waals surface area (Å²) in [4.78, 5) is 0. The van der Waals surface area contributed by atoms with Gasteiger partial charge in [-0.05, 0) is 6.92 Å². The highest BCUT2D eigenvalue weighted by atomic mass is 32.2. The third kappa shape index (κ3) is 4.60. The summed E-state index contributed by atoms with van der Waals surface area (Å²) in [5.41, 5.74) is 5.44. The smallest absolute Gasteiger partial charge is 0.0386 e. The lowest BCUT2D eigenvalue weighted by Gasteiger charge is -2.06. The SMILES string of the molecule is CC(N)CS(=O)C(C)C. The Morgan fingerprint density at radius 2 is 1.89 bits per heavy atom. The molecule has 0 saturated heterocycles. The molecule has 0 saturated carbocycles. The van der Waals surface area contributed by atoms with Gasteiger partial charge in [-0.1, -0.05) is 13.8 Å². The van der Waals surface area contributed by atoms with Crippen LogP contribution in [-0.4, -0.2) is 21.3 Å². The highest BCUT2D eigenvalue weighted by Crippen LogP contribution is 1.94. The van der Waals surface area contributed by atoms with Gasteiger partial charge in [0.05, 0.1) is 0 Å². The van der Waals surface area contributed by atoms with Gasteiger partial charge >= 0.3 is 0 Å². The first kappa shape index (κ1) is 9.11. The van der Waals surface area contributed by atoms with Crippen molar-refractivity contribution in [1.29, 1.82) is 0 Å². The monoisotopic (exact) mass is 149 g/mol. The number of nitrogens with two attached hydrogens (primary N) is 1. The summed E-state index contributed by atoms with van der Waals surface area (Å²) in [5.74, 6) is 0.623. The average molecular weight is 149 g/mol. The fourth-order valence-corrected chi connectivity index (χ4v) is 1.35. The Kier molecular flexibility index (Phi) is 4.06. The summed E-state index contributed by atoms with van der Waals surface area (Å²) in [5, 5.41) is 0.246. The number of hydrogen-bond acceptors (Lipinski definition) is 2. The maximum Gasteiger partial charge on any atom is 0.0386 e. The third-order valence-corrected chi connectivity index (χ3v) is 2.86. The molecule has 0 aliphatic carbocycles. The first-order valence-electron chi connectivity index (χ1n) is 3.16. The molecule has 0 radical (unpaired) electrons. The molecule has 0 spiro atoms. The quantitative estimate of drug-likeness (QED) is 0.634. The first-order chi connectivity index (χ1) is 4.04. The van der Waals surface area contributed by atoms with Crippen molar-refractivity contribution in [2.45, 2.75) is 32.1 Å². The van der Waals surface area contributed by atoms with Crippen molar-refractivity contribution in [1.82, 2.24) is 0 Å². The van der Waals surface area contributed by atoms with Crippen LogP contribution in [0.5, 0.6) is 0 Å². The van der Waals surface area contributed by atoms with Crippen LogP contribution >= 0.6 is 0 Å². The van der Waals surface area contributed by atoms with Crippen LogP contribution in [-0.2, 0) is 10.8 Å². The summed E-state index contributed by atoms with van der Waals surface area (Å²) in [6.45, 7) is 5.76. The minimum Gasteiger partial charge on any atom is -0.327 e. The molecule has 0 bridgehead atoms. The van der Waals surface area contributed by atoms with Crippen LogP contribution in [0.3, 0.4) is 0 Å². The van der Waals surface area contributed by atoms with Crippen LogP contribution in [0.15, 0.2) is 0 Å². The molecule has 2 nitrogen and oxygen atoms in total. The Balaban J connectivity index is 3.51. The van der Waals surface area contributed by atoms with Crippen molar-refractivity contribution in [2.24, 2.45) is 5.73 Å². The van der Waals surface area contributed by atoms with Gasteiger partial charge in [0, 0.05) is 27.8 Å². The second kappa shape index (κ2) is 4.01. The van der Waals surface area contributed by atoms with E-state index in [9.17, 15) is 4.21 Å². The van der Waals surface area contributed by atoms with E-state index in [-0.39, 0.29) is 11.3 Å². The van der Waals surface area contributed by atoms with Crippen LogP contribution in [0.4, 0.5) is 0 Å². The Morgan fingerprint density at radius 1 is 1.44 bits per heavy atom. The fourth-order valence-electron chi connectivity index (χ4n) is 0.452. The van der Waals surface area contributed by atoms with Crippen LogP contribution < -0.4 is 5.73 Å². The van der Waals surface area contributed by atoms with Crippen molar-refractivity contribution in [2.75, 3.05) is 5.75 Å². The molecule has 3 heteroatoms. The summed E-state index contributed by atoms with van der Waals surface area (Å²) in [6.07, 6.45) is 0. The highest BCUT2D eigenvalue weighted by Gasteiger charge is 2.06. The fraction of sp³-hybridized carbons (Fsp3) is 1.00. The molecule has 0 aromatic rings. The maximum atomic E-state index is 11.0. The summed E-state index contributed by atoms with van der Waals surface area (Å²) < 4.78 is 11.0. The van der Waals surface area contributed by atoms with Crippen molar-refractivity contribution in [3.8, 4) is 0 Å².